The summed E-state index contributed by atoms with van der Waals surface area (Å²) >= 11 is 5.92. The van der Waals surface area contributed by atoms with Crippen LogP contribution in [0.4, 0.5) is 24.5 Å². The van der Waals surface area contributed by atoms with Crippen molar-refractivity contribution in [3.63, 3.8) is 0 Å². The van der Waals surface area contributed by atoms with E-state index < -0.39 is 22.4 Å². The summed E-state index contributed by atoms with van der Waals surface area (Å²) in [5.41, 5.74) is -0.652. The number of piperidine rings is 1. The zero-order chi connectivity index (χ0) is 21.9. The number of anilines is 1. The second-order valence-electron chi connectivity index (χ2n) is 7.07. The molecule has 1 amide bonds. The SMILES string of the molecule is O=C(NCc1cccc(Cl)c1)C1CCN(c2ccc(C(F)(F)F)cc2[N+](=O)[O-])CC1. The summed E-state index contributed by atoms with van der Waals surface area (Å²) in [5, 5.41) is 14.7. The van der Waals surface area contributed by atoms with Crippen LogP contribution < -0.4 is 10.2 Å². The number of hydrogen-bond donors (Lipinski definition) is 1. The lowest BCUT2D eigenvalue weighted by atomic mass is 9.95. The van der Waals surface area contributed by atoms with E-state index in [-0.39, 0.29) is 17.5 Å². The molecule has 10 heteroatoms. The number of nitrogens with zero attached hydrogens (tertiary/aromatic N) is 2. The van der Waals surface area contributed by atoms with Gasteiger partial charge in [0.1, 0.15) is 5.69 Å². The summed E-state index contributed by atoms with van der Waals surface area (Å²) in [7, 11) is 0. The predicted molar refractivity (Wildman–Crippen MR) is 106 cm³/mol. The molecule has 0 bridgehead atoms. The molecule has 1 aliphatic heterocycles. The van der Waals surface area contributed by atoms with Crippen LogP contribution in [0.2, 0.25) is 5.02 Å². The first kappa shape index (κ1) is 21.9. The van der Waals surface area contributed by atoms with Gasteiger partial charge in [0.05, 0.1) is 10.5 Å². The largest absolute Gasteiger partial charge is 0.416 e. The van der Waals surface area contributed by atoms with E-state index >= 15 is 0 Å². The number of nitro groups is 1. The predicted octanol–water partition coefficient (Wildman–Crippen LogP) is 4.80. The molecule has 1 heterocycles. The van der Waals surface area contributed by atoms with Gasteiger partial charge in [0.15, 0.2) is 0 Å². The summed E-state index contributed by atoms with van der Waals surface area (Å²) in [4.78, 5) is 24.6. The van der Waals surface area contributed by atoms with Crippen LogP contribution in [0.3, 0.4) is 0 Å². The van der Waals surface area contributed by atoms with Crippen molar-refractivity contribution in [2.24, 2.45) is 5.92 Å². The molecule has 0 aromatic heterocycles. The van der Waals surface area contributed by atoms with Crippen LogP contribution in [0.25, 0.3) is 0 Å². The molecule has 2 aromatic rings. The first-order valence-electron chi connectivity index (χ1n) is 9.28. The highest BCUT2D eigenvalue weighted by atomic mass is 35.5. The van der Waals surface area contributed by atoms with E-state index in [4.69, 9.17) is 11.6 Å². The number of hydrogen-bond acceptors (Lipinski definition) is 4. The number of alkyl halides is 3. The quantitative estimate of drug-likeness (QED) is 0.534. The third-order valence-corrected chi connectivity index (χ3v) is 5.30. The molecule has 0 radical (unpaired) electrons. The molecule has 0 unspecified atom stereocenters. The molecule has 1 fully saturated rings. The van der Waals surface area contributed by atoms with Gasteiger partial charge in [-0.25, -0.2) is 0 Å². The van der Waals surface area contributed by atoms with Gasteiger partial charge in [-0.05, 0) is 42.7 Å². The zero-order valence-corrected chi connectivity index (χ0v) is 16.5. The zero-order valence-electron chi connectivity index (χ0n) is 15.8. The maximum Gasteiger partial charge on any atom is 0.416 e. The van der Waals surface area contributed by atoms with Gasteiger partial charge < -0.3 is 10.2 Å². The third-order valence-electron chi connectivity index (χ3n) is 5.06. The Kier molecular flexibility index (Phi) is 6.50. The van der Waals surface area contributed by atoms with Crippen molar-refractivity contribution in [2.45, 2.75) is 25.6 Å². The summed E-state index contributed by atoms with van der Waals surface area (Å²) < 4.78 is 38.6. The maximum absolute atomic E-state index is 12.9. The van der Waals surface area contributed by atoms with E-state index in [0.717, 1.165) is 17.7 Å². The molecule has 0 spiro atoms. The summed E-state index contributed by atoms with van der Waals surface area (Å²) in [6.07, 6.45) is -3.77. The van der Waals surface area contributed by atoms with E-state index in [1.165, 1.54) is 0 Å². The Morgan fingerprint density at radius 2 is 1.90 bits per heavy atom. The number of nitro benzene ring substituents is 1. The molecule has 1 aliphatic rings. The van der Waals surface area contributed by atoms with E-state index in [1.807, 2.05) is 6.07 Å². The Bertz CT molecular complexity index is 944. The van der Waals surface area contributed by atoms with Crippen LogP contribution in [0.15, 0.2) is 42.5 Å². The number of carbonyl (C=O) groups is 1. The lowest BCUT2D eigenvalue weighted by Gasteiger charge is -2.32. The Morgan fingerprint density at radius 3 is 2.50 bits per heavy atom. The van der Waals surface area contributed by atoms with Gasteiger partial charge in [-0.15, -0.1) is 0 Å². The monoisotopic (exact) mass is 441 g/mol. The first-order chi connectivity index (χ1) is 14.1. The van der Waals surface area contributed by atoms with E-state index in [9.17, 15) is 28.1 Å². The van der Waals surface area contributed by atoms with Crippen LogP contribution in [-0.4, -0.2) is 23.9 Å². The number of amides is 1. The summed E-state index contributed by atoms with van der Waals surface area (Å²) in [6.45, 7) is 1.01. The minimum atomic E-state index is -4.66. The van der Waals surface area contributed by atoms with Crippen molar-refractivity contribution in [2.75, 3.05) is 18.0 Å². The number of carbonyl (C=O) groups excluding carboxylic acids is 1. The molecule has 0 aliphatic carbocycles. The molecule has 0 saturated carbocycles. The molecule has 30 heavy (non-hydrogen) atoms. The average molecular weight is 442 g/mol. The van der Waals surface area contributed by atoms with Gasteiger partial charge in [-0.2, -0.15) is 13.2 Å². The van der Waals surface area contributed by atoms with Crippen molar-refractivity contribution in [3.05, 3.63) is 68.7 Å². The Balaban J connectivity index is 1.62. The second kappa shape index (κ2) is 8.91. The fraction of sp³-hybridized carbons (Fsp3) is 0.350. The molecular formula is C20H19ClF3N3O3. The standard InChI is InChI=1S/C20H19ClF3N3O3/c21-16-3-1-2-13(10-16)12-25-19(28)14-6-8-26(9-7-14)17-5-4-15(20(22,23)24)11-18(17)27(29)30/h1-5,10-11,14H,6-9,12H2,(H,25,28). The number of rotatable bonds is 5. The van der Waals surface area contributed by atoms with Crippen molar-refractivity contribution in [1.82, 2.24) is 5.32 Å². The van der Waals surface area contributed by atoms with Crippen LogP contribution in [-0.2, 0) is 17.5 Å². The van der Waals surface area contributed by atoms with Crippen molar-refractivity contribution < 1.29 is 22.9 Å². The van der Waals surface area contributed by atoms with Gasteiger partial charge >= 0.3 is 6.18 Å². The van der Waals surface area contributed by atoms with Gasteiger partial charge in [-0.1, -0.05) is 23.7 Å². The van der Waals surface area contributed by atoms with Gasteiger partial charge in [-0.3, -0.25) is 14.9 Å². The van der Waals surface area contributed by atoms with Crippen molar-refractivity contribution >= 4 is 28.9 Å². The Hall–Kier alpha value is -2.81. The molecule has 160 valence electrons. The van der Waals surface area contributed by atoms with Crippen LogP contribution in [0.5, 0.6) is 0 Å². The number of benzene rings is 2. The molecule has 3 rings (SSSR count). The Morgan fingerprint density at radius 1 is 1.20 bits per heavy atom. The Labute approximate surface area is 175 Å². The van der Waals surface area contributed by atoms with Gasteiger partial charge in [0.2, 0.25) is 5.91 Å². The lowest BCUT2D eigenvalue weighted by molar-refractivity contribution is -0.384. The van der Waals surface area contributed by atoms with E-state index in [2.05, 4.69) is 5.32 Å². The van der Waals surface area contributed by atoms with Crippen molar-refractivity contribution in [3.8, 4) is 0 Å². The fourth-order valence-electron chi connectivity index (χ4n) is 3.48. The normalized spacial score (nSPS) is 15.1. The minimum absolute atomic E-state index is 0.128. The highest BCUT2D eigenvalue weighted by molar-refractivity contribution is 6.30. The second-order valence-corrected chi connectivity index (χ2v) is 7.50. The first-order valence-corrected chi connectivity index (χ1v) is 9.65. The summed E-state index contributed by atoms with van der Waals surface area (Å²) in [6, 6.07) is 9.65. The molecule has 1 saturated heterocycles. The molecule has 2 aromatic carbocycles. The van der Waals surface area contributed by atoms with Crippen LogP contribution in [0.1, 0.15) is 24.0 Å². The highest BCUT2D eigenvalue weighted by Gasteiger charge is 2.34. The summed E-state index contributed by atoms with van der Waals surface area (Å²) in [5.74, 6) is -0.398. The lowest BCUT2D eigenvalue weighted by Crippen LogP contribution is -2.40. The molecule has 6 nitrogen and oxygen atoms in total. The van der Waals surface area contributed by atoms with E-state index in [1.54, 1.807) is 23.1 Å². The van der Waals surface area contributed by atoms with Gasteiger partial charge in [0.25, 0.3) is 5.69 Å². The highest BCUT2D eigenvalue weighted by Crippen LogP contribution is 2.37. The maximum atomic E-state index is 12.9. The number of nitrogens with one attached hydrogen (secondary N) is 1. The third kappa shape index (κ3) is 5.21. The molecular weight excluding hydrogens is 423 g/mol. The van der Waals surface area contributed by atoms with E-state index in [0.29, 0.717) is 43.6 Å². The molecule has 1 N–H and O–H groups in total. The topological polar surface area (TPSA) is 75.5 Å². The smallest absolute Gasteiger partial charge is 0.366 e. The fourth-order valence-corrected chi connectivity index (χ4v) is 3.69. The van der Waals surface area contributed by atoms with Gasteiger partial charge in [0, 0.05) is 36.6 Å². The minimum Gasteiger partial charge on any atom is -0.366 e. The van der Waals surface area contributed by atoms with Crippen molar-refractivity contribution in [1.29, 1.82) is 0 Å². The van der Waals surface area contributed by atoms with Crippen LogP contribution >= 0.6 is 11.6 Å². The van der Waals surface area contributed by atoms with Crippen LogP contribution in [0, 0.1) is 16.0 Å². The number of halogens is 4. The average Bonchev–Trinajstić information content (AvgIpc) is 2.71. The molecule has 0 atom stereocenters.